The molecule has 2 aliphatic heterocycles. The van der Waals surface area contributed by atoms with Gasteiger partial charge in [0.2, 0.25) is 5.91 Å². The number of carbonyl (C=O) groups is 2. The van der Waals surface area contributed by atoms with Gasteiger partial charge in [-0.3, -0.25) is 14.7 Å². The van der Waals surface area contributed by atoms with Crippen molar-refractivity contribution in [3.05, 3.63) is 52.6 Å². The van der Waals surface area contributed by atoms with Gasteiger partial charge in [-0.05, 0) is 30.5 Å². The number of benzene rings is 1. The Balaban J connectivity index is 1.48. The Hall–Kier alpha value is -2.70. The number of halogens is 1. The highest BCUT2D eigenvalue weighted by molar-refractivity contribution is 5.94. The Labute approximate surface area is 151 Å². The summed E-state index contributed by atoms with van der Waals surface area (Å²) in [5, 5.41) is 7.20. The lowest BCUT2D eigenvalue weighted by molar-refractivity contribution is -0.131. The lowest BCUT2D eigenvalue weighted by Crippen LogP contribution is -2.38. The topological polar surface area (TPSA) is 69.3 Å². The molecule has 0 bridgehead atoms. The number of hydrogen-bond donors (Lipinski definition) is 1. The van der Waals surface area contributed by atoms with E-state index >= 15 is 0 Å². The molecule has 1 saturated heterocycles. The summed E-state index contributed by atoms with van der Waals surface area (Å²) in [5.41, 5.74) is 3.00. The van der Waals surface area contributed by atoms with E-state index < -0.39 is 0 Å². The standard InChI is InChI=1S/C19H21FN4O2/c20-14-5-3-13(4-6-14)11-17(25)24-10-7-16-15(12-24)18(22-21-16)19(26)23-8-1-2-9-23/h3-6H,1-2,7-12H2,(H,21,22). The number of nitrogens with one attached hydrogen (secondary N) is 1. The van der Waals surface area contributed by atoms with Gasteiger partial charge in [0.1, 0.15) is 5.82 Å². The minimum Gasteiger partial charge on any atom is -0.338 e. The average Bonchev–Trinajstić information content (AvgIpc) is 3.32. The normalized spacial score (nSPS) is 16.7. The van der Waals surface area contributed by atoms with Crippen LogP contribution >= 0.6 is 0 Å². The molecule has 6 nitrogen and oxygen atoms in total. The molecule has 2 amide bonds. The summed E-state index contributed by atoms with van der Waals surface area (Å²) < 4.78 is 13.0. The molecule has 3 heterocycles. The number of H-pyrrole nitrogens is 1. The Morgan fingerprint density at radius 2 is 1.81 bits per heavy atom. The fraction of sp³-hybridized carbons (Fsp3) is 0.421. The summed E-state index contributed by atoms with van der Waals surface area (Å²) in [6.45, 7) is 2.52. The molecule has 0 radical (unpaired) electrons. The maximum atomic E-state index is 13.0. The molecule has 1 aromatic carbocycles. The van der Waals surface area contributed by atoms with E-state index in [2.05, 4.69) is 10.2 Å². The Kier molecular flexibility index (Phi) is 4.44. The van der Waals surface area contributed by atoms with Crippen molar-refractivity contribution in [1.29, 1.82) is 0 Å². The summed E-state index contributed by atoms with van der Waals surface area (Å²) >= 11 is 0. The van der Waals surface area contributed by atoms with Gasteiger partial charge in [-0.2, -0.15) is 5.10 Å². The summed E-state index contributed by atoms with van der Waals surface area (Å²) in [7, 11) is 0. The number of aromatic nitrogens is 2. The van der Waals surface area contributed by atoms with Crippen LogP contribution in [0, 0.1) is 5.82 Å². The van der Waals surface area contributed by atoms with Gasteiger partial charge in [0.05, 0.1) is 6.42 Å². The molecule has 136 valence electrons. The van der Waals surface area contributed by atoms with Crippen LogP contribution in [0.2, 0.25) is 0 Å². The first kappa shape index (κ1) is 16.8. The van der Waals surface area contributed by atoms with Crippen molar-refractivity contribution in [2.75, 3.05) is 19.6 Å². The highest BCUT2D eigenvalue weighted by atomic mass is 19.1. The number of hydrogen-bond acceptors (Lipinski definition) is 3. The van der Waals surface area contributed by atoms with Crippen molar-refractivity contribution in [3.8, 4) is 0 Å². The van der Waals surface area contributed by atoms with Gasteiger partial charge in [-0.1, -0.05) is 12.1 Å². The van der Waals surface area contributed by atoms with Crippen LogP contribution in [-0.2, 0) is 24.2 Å². The van der Waals surface area contributed by atoms with E-state index in [4.69, 9.17) is 0 Å². The maximum absolute atomic E-state index is 13.0. The zero-order chi connectivity index (χ0) is 18.1. The predicted octanol–water partition coefficient (Wildman–Crippen LogP) is 1.91. The number of nitrogens with zero attached hydrogens (tertiary/aromatic N) is 3. The molecule has 7 heteroatoms. The monoisotopic (exact) mass is 356 g/mol. The van der Waals surface area contributed by atoms with E-state index in [1.807, 2.05) is 4.90 Å². The van der Waals surface area contributed by atoms with Gasteiger partial charge in [-0.15, -0.1) is 0 Å². The van der Waals surface area contributed by atoms with Gasteiger partial charge in [0.15, 0.2) is 5.69 Å². The number of likely N-dealkylation sites (tertiary alicyclic amines) is 1. The first-order chi connectivity index (χ1) is 12.6. The molecule has 0 spiro atoms. The quantitative estimate of drug-likeness (QED) is 0.913. The fourth-order valence-corrected chi connectivity index (χ4v) is 3.64. The number of carbonyl (C=O) groups excluding carboxylic acids is 2. The molecule has 1 N–H and O–H groups in total. The predicted molar refractivity (Wildman–Crippen MR) is 93.0 cm³/mol. The molecule has 0 atom stereocenters. The molecule has 0 unspecified atom stereocenters. The van der Waals surface area contributed by atoms with E-state index in [0.29, 0.717) is 25.2 Å². The van der Waals surface area contributed by atoms with Crippen LogP contribution in [0.5, 0.6) is 0 Å². The van der Waals surface area contributed by atoms with Gasteiger partial charge in [0, 0.05) is 43.9 Å². The van der Waals surface area contributed by atoms with Gasteiger partial charge >= 0.3 is 0 Å². The number of aromatic amines is 1. The first-order valence-electron chi connectivity index (χ1n) is 8.99. The average molecular weight is 356 g/mol. The molecule has 0 saturated carbocycles. The summed E-state index contributed by atoms with van der Waals surface area (Å²) in [6.07, 6.45) is 2.94. The van der Waals surface area contributed by atoms with Crippen molar-refractivity contribution < 1.29 is 14.0 Å². The van der Waals surface area contributed by atoms with Crippen LogP contribution in [0.25, 0.3) is 0 Å². The molecule has 26 heavy (non-hydrogen) atoms. The van der Waals surface area contributed by atoms with Crippen LogP contribution in [0.4, 0.5) is 4.39 Å². The third-order valence-corrected chi connectivity index (χ3v) is 5.15. The van der Waals surface area contributed by atoms with Gasteiger partial charge in [0.25, 0.3) is 5.91 Å². The van der Waals surface area contributed by atoms with Crippen LogP contribution in [0.3, 0.4) is 0 Å². The zero-order valence-electron chi connectivity index (χ0n) is 14.5. The highest BCUT2D eigenvalue weighted by Gasteiger charge is 2.30. The molecular formula is C19H21FN4O2. The van der Waals surface area contributed by atoms with Crippen LogP contribution < -0.4 is 0 Å². The van der Waals surface area contributed by atoms with Crippen molar-refractivity contribution in [2.45, 2.75) is 32.2 Å². The van der Waals surface area contributed by atoms with Gasteiger partial charge < -0.3 is 9.80 Å². The second-order valence-corrected chi connectivity index (χ2v) is 6.90. The Bertz CT molecular complexity index is 825. The molecule has 2 aliphatic rings. The minimum atomic E-state index is -0.313. The third-order valence-electron chi connectivity index (χ3n) is 5.15. The lowest BCUT2D eigenvalue weighted by Gasteiger charge is -2.27. The Morgan fingerprint density at radius 1 is 1.08 bits per heavy atom. The second kappa shape index (κ2) is 6.90. The summed E-state index contributed by atoms with van der Waals surface area (Å²) in [4.78, 5) is 28.9. The number of rotatable bonds is 3. The maximum Gasteiger partial charge on any atom is 0.274 e. The van der Waals surface area contributed by atoms with Crippen molar-refractivity contribution in [2.24, 2.45) is 0 Å². The first-order valence-corrected chi connectivity index (χ1v) is 8.99. The highest BCUT2D eigenvalue weighted by Crippen LogP contribution is 2.23. The number of fused-ring (bicyclic) bond motifs is 1. The summed E-state index contributed by atoms with van der Waals surface area (Å²) in [6, 6.07) is 5.98. The van der Waals surface area contributed by atoms with Crippen LogP contribution in [0.15, 0.2) is 24.3 Å². The molecular weight excluding hydrogens is 335 g/mol. The van der Waals surface area contributed by atoms with E-state index in [1.54, 1.807) is 17.0 Å². The van der Waals surface area contributed by atoms with E-state index in [1.165, 1.54) is 12.1 Å². The lowest BCUT2D eigenvalue weighted by atomic mass is 10.0. The smallest absolute Gasteiger partial charge is 0.274 e. The fourth-order valence-electron chi connectivity index (χ4n) is 3.64. The molecule has 4 rings (SSSR count). The minimum absolute atomic E-state index is 0.0250. The van der Waals surface area contributed by atoms with Crippen molar-refractivity contribution >= 4 is 11.8 Å². The summed E-state index contributed by atoms with van der Waals surface area (Å²) in [5.74, 6) is -0.386. The molecule has 1 fully saturated rings. The second-order valence-electron chi connectivity index (χ2n) is 6.90. The third kappa shape index (κ3) is 3.21. The van der Waals surface area contributed by atoms with Crippen molar-refractivity contribution in [1.82, 2.24) is 20.0 Å². The molecule has 0 aliphatic carbocycles. The SMILES string of the molecule is O=C(Cc1ccc(F)cc1)N1CCc2[nH]nc(C(=O)N3CCCC3)c2C1. The van der Waals surface area contributed by atoms with E-state index in [9.17, 15) is 14.0 Å². The largest absolute Gasteiger partial charge is 0.338 e. The van der Waals surface area contributed by atoms with Crippen LogP contribution in [-0.4, -0.2) is 51.4 Å². The van der Waals surface area contributed by atoms with E-state index in [-0.39, 0.29) is 24.1 Å². The molecule has 2 aromatic rings. The zero-order valence-corrected chi connectivity index (χ0v) is 14.5. The van der Waals surface area contributed by atoms with E-state index in [0.717, 1.165) is 42.8 Å². The van der Waals surface area contributed by atoms with Crippen LogP contribution in [0.1, 0.15) is 40.2 Å². The van der Waals surface area contributed by atoms with Gasteiger partial charge in [-0.25, -0.2) is 4.39 Å². The van der Waals surface area contributed by atoms with Crippen molar-refractivity contribution in [3.63, 3.8) is 0 Å². The number of amides is 2. The molecule has 1 aromatic heterocycles. The Morgan fingerprint density at radius 3 is 2.54 bits per heavy atom.